The minimum absolute atomic E-state index is 0.431. The van der Waals surface area contributed by atoms with Crippen molar-refractivity contribution in [1.29, 1.82) is 5.26 Å². The van der Waals surface area contributed by atoms with Crippen LogP contribution in [0.15, 0.2) is 24.3 Å². The zero-order valence-corrected chi connectivity index (χ0v) is 12.4. The predicted molar refractivity (Wildman–Crippen MR) is 83.1 cm³/mol. The van der Waals surface area contributed by atoms with E-state index in [1.807, 2.05) is 0 Å². The number of nitriles is 1. The van der Waals surface area contributed by atoms with Gasteiger partial charge in [-0.1, -0.05) is 12.1 Å². The van der Waals surface area contributed by atoms with Crippen molar-refractivity contribution in [2.75, 3.05) is 18.0 Å². The molecule has 3 rings (SSSR count). The van der Waals surface area contributed by atoms with Gasteiger partial charge in [0.15, 0.2) is 0 Å². The first kappa shape index (κ1) is 13.6. The zero-order valence-electron chi connectivity index (χ0n) is 12.4. The van der Waals surface area contributed by atoms with Gasteiger partial charge in [0.25, 0.3) is 0 Å². The molecule has 1 aliphatic rings. The lowest BCUT2D eigenvalue weighted by molar-refractivity contribution is 0.896. The van der Waals surface area contributed by atoms with Crippen molar-refractivity contribution in [3.8, 4) is 17.3 Å². The van der Waals surface area contributed by atoms with E-state index in [0.29, 0.717) is 11.6 Å². The Morgan fingerprint density at radius 3 is 2.48 bits per heavy atom. The number of hydrogen-bond acceptors (Lipinski definition) is 4. The summed E-state index contributed by atoms with van der Waals surface area (Å²) in [6.45, 7) is 6.13. The predicted octanol–water partition coefficient (Wildman–Crippen LogP) is 3.23. The molecule has 0 saturated carbocycles. The van der Waals surface area contributed by atoms with E-state index in [-0.39, 0.29) is 0 Å². The molecule has 21 heavy (non-hydrogen) atoms. The van der Waals surface area contributed by atoms with Crippen LogP contribution in [0.2, 0.25) is 0 Å². The highest BCUT2D eigenvalue weighted by Gasteiger charge is 2.17. The fraction of sp³-hybridized carbons (Fsp3) is 0.353. The van der Waals surface area contributed by atoms with Gasteiger partial charge in [-0.05, 0) is 43.9 Å². The smallest absolute Gasteiger partial charge is 0.227 e. The van der Waals surface area contributed by atoms with E-state index in [1.165, 1.54) is 24.0 Å². The summed E-state index contributed by atoms with van der Waals surface area (Å²) in [6, 6.07) is 10.2. The van der Waals surface area contributed by atoms with Crippen LogP contribution in [-0.2, 0) is 0 Å². The van der Waals surface area contributed by atoms with Crippen LogP contribution in [0.5, 0.6) is 0 Å². The number of benzene rings is 1. The Morgan fingerprint density at radius 1 is 1.05 bits per heavy atom. The molecule has 1 aromatic carbocycles. The van der Waals surface area contributed by atoms with Gasteiger partial charge in [0, 0.05) is 24.7 Å². The fourth-order valence-corrected chi connectivity index (χ4v) is 2.60. The lowest BCUT2D eigenvalue weighted by Gasteiger charge is -2.16. The first-order valence-electron chi connectivity index (χ1n) is 7.29. The van der Waals surface area contributed by atoms with Crippen molar-refractivity contribution in [1.82, 2.24) is 9.97 Å². The van der Waals surface area contributed by atoms with E-state index in [0.717, 1.165) is 24.3 Å². The Morgan fingerprint density at radius 2 is 1.81 bits per heavy atom. The second-order valence-corrected chi connectivity index (χ2v) is 5.54. The highest BCUT2D eigenvalue weighted by atomic mass is 15.3. The van der Waals surface area contributed by atoms with Gasteiger partial charge in [-0.3, -0.25) is 0 Å². The van der Waals surface area contributed by atoms with Crippen molar-refractivity contribution in [3.63, 3.8) is 0 Å². The van der Waals surface area contributed by atoms with E-state index < -0.39 is 0 Å². The Labute approximate surface area is 125 Å². The molecule has 0 N–H and O–H groups in total. The van der Waals surface area contributed by atoms with Crippen molar-refractivity contribution in [3.05, 3.63) is 41.1 Å². The summed E-state index contributed by atoms with van der Waals surface area (Å²) in [7, 11) is 0. The van der Waals surface area contributed by atoms with Gasteiger partial charge in [0.2, 0.25) is 5.95 Å². The minimum atomic E-state index is 0.431. The van der Waals surface area contributed by atoms with Crippen LogP contribution in [0.4, 0.5) is 5.95 Å². The number of rotatable bonds is 2. The van der Waals surface area contributed by atoms with Crippen LogP contribution < -0.4 is 4.90 Å². The Kier molecular flexibility index (Phi) is 3.57. The average molecular weight is 278 g/mol. The normalized spacial score (nSPS) is 14.2. The molecule has 0 bridgehead atoms. The molecule has 1 aromatic heterocycles. The molecule has 4 nitrogen and oxygen atoms in total. The van der Waals surface area contributed by atoms with Gasteiger partial charge in [0.1, 0.15) is 11.8 Å². The standard InChI is InChI=1S/C17H18N4/c1-12-5-6-14(9-13(12)2)16-10-15(11-18)19-17(20-16)21-7-3-4-8-21/h5-6,9-10H,3-4,7-8H2,1-2H3. The SMILES string of the molecule is Cc1ccc(-c2cc(C#N)nc(N3CCCC3)n2)cc1C. The van der Waals surface area contributed by atoms with Gasteiger partial charge in [-0.15, -0.1) is 0 Å². The van der Waals surface area contributed by atoms with Crippen LogP contribution in [-0.4, -0.2) is 23.1 Å². The molecule has 106 valence electrons. The molecule has 0 radical (unpaired) electrons. The fourth-order valence-electron chi connectivity index (χ4n) is 2.60. The first-order chi connectivity index (χ1) is 10.2. The molecule has 0 atom stereocenters. The largest absolute Gasteiger partial charge is 0.341 e. The van der Waals surface area contributed by atoms with Crippen LogP contribution >= 0.6 is 0 Å². The lowest BCUT2D eigenvalue weighted by atomic mass is 10.0. The second-order valence-electron chi connectivity index (χ2n) is 5.54. The maximum atomic E-state index is 9.22. The van der Waals surface area contributed by atoms with Gasteiger partial charge < -0.3 is 4.90 Å². The molecule has 1 saturated heterocycles. The summed E-state index contributed by atoms with van der Waals surface area (Å²) in [4.78, 5) is 11.2. The number of anilines is 1. The van der Waals surface area contributed by atoms with Gasteiger partial charge in [-0.25, -0.2) is 9.97 Å². The molecule has 1 fully saturated rings. The average Bonchev–Trinajstić information content (AvgIpc) is 3.04. The van der Waals surface area contributed by atoms with Crippen LogP contribution in [0, 0.1) is 25.2 Å². The topological polar surface area (TPSA) is 52.8 Å². The zero-order chi connectivity index (χ0) is 14.8. The van der Waals surface area contributed by atoms with E-state index >= 15 is 0 Å². The van der Waals surface area contributed by atoms with Crippen molar-refractivity contribution in [2.45, 2.75) is 26.7 Å². The van der Waals surface area contributed by atoms with E-state index in [4.69, 9.17) is 0 Å². The van der Waals surface area contributed by atoms with Gasteiger partial charge in [-0.2, -0.15) is 5.26 Å². The summed E-state index contributed by atoms with van der Waals surface area (Å²) in [6.07, 6.45) is 2.33. The number of aryl methyl sites for hydroxylation is 2. The first-order valence-corrected chi connectivity index (χ1v) is 7.29. The van der Waals surface area contributed by atoms with Crippen LogP contribution in [0.1, 0.15) is 29.7 Å². The molecule has 2 heterocycles. The molecule has 2 aromatic rings. The highest BCUT2D eigenvalue weighted by molar-refractivity contribution is 5.63. The number of hydrogen-bond donors (Lipinski definition) is 0. The van der Waals surface area contributed by atoms with Crippen LogP contribution in [0.3, 0.4) is 0 Å². The molecule has 0 spiro atoms. The van der Waals surface area contributed by atoms with Crippen LogP contribution in [0.25, 0.3) is 11.3 Å². The third kappa shape index (κ3) is 2.73. The summed E-state index contributed by atoms with van der Waals surface area (Å²) in [5.41, 5.74) is 4.78. The quantitative estimate of drug-likeness (QED) is 0.846. The van der Waals surface area contributed by atoms with E-state index in [2.05, 4.69) is 53.0 Å². The number of nitrogens with zero attached hydrogens (tertiary/aromatic N) is 4. The number of aromatic nitrogens is 2. The summed E-state index contributed by atoms with van der Waals surface area (Å²) in [5.74, 6) is 0.680. The Bertz CT molecular complexity index is 709. The third-order valence-electron chi connectivity index (χ3n) is 4.02. The molecule has 0 unspecified atom stereocenters. The molecule has 0 amide bonds. The van der Waals surface area contributed by atoms with E-state index in [9.17, 15) is 5.26 Å². The van der Waals surface area contributed by atoms with Gasteiger partial charge in [0.05, 0.1) is 5.69 Å². The van der Waals surface area contributed by atoms with Gasteiger partial charge >= 0.3 is 0 Å². The maximum absolute atomic E-state index is 9.22. The molecular weight excluding hydrogens is 260 g/mol. The van der Waals surface area contributed by atoms with Crippen molar-refractivity contribution >= 4 is 5.95 Å². The summed E-state index contributed by atoms with van der Waals surface area (Å²) < 4.78 is 0. The Balaban J connectivity index is 2.06. The van der Waals surface area contributed by atoms with Crippen molar-refractivity contribution < 1.29 is 0 Å². The minimum Gasteiger partial charge on any atom is -0.341 e. The molecule has 4 heteroatoms. The monoisotopic (exact) mass is 278 g/mol. The van der Waals surface area contributed by atoms with E-state index in [1.54, 1.807) is 6.07 Å². The van der Waals surface area contributed by atoms with Crippen molar-refractivity contribution in [2.24, 2.45) is 0 Å². The summed E-state index contributed by atoms with van der Waals surface area (Å²) in [5, 5.41) is 9.22. The molecular formula is C17H18N4. The second kappa shape index (κ2) is 5.53. The summed E-state index contributed by atoms with van der Waals surface area (Å²) >= 11 is 0. The molecule has 1 aliphatic heterocycles. The Hall–Kier alpha value is -2.41. The maximum Gasteiger partial charge on any atom is 0.227 e. The molecule has 0 aliphatic carbocycles. The highest BCUT2D eigenvalue weighted by Crippen LogP contribution is 2.24. The third-order valence-corrected chi connectivity index (χ3v) is 4.02. The lowest BCUT2D eigenvalue weighted by Crippen LogP contribution is -2.21.